The van der Waals surface area contributed by atoms with Crippen molar-refractivity contribution < 1.29 is 19.5 Å². The normalized spacial score (nSPS) is 20.8. The van der Waals surface area contributed by atoms with Crippen LogP contribution in [-0.4, -0.2) is 22.6 Å². The van der Waals surface area contributed by atoms with Crippen molar-refractivity contribution in [3.8, 4) is 0 Å². The van der Waals surface area contributed by atoms with Crippen LogP contribution in [0.5, 0.6) is 0 Å². The molecule has 0 spiro atoms. The molecule has 0 amide bonds. The second-order valence-electron chi connectivity index (χ2n) is 6.90. The number of unbranched alkanes of at least 4 members (excludes halogenated alkanes) is 4. The molecule has 1 aliphatic carbocycles. The Morgan fingerprint density at radius 1 is 1.12 bits per heavy atom. The first-order valence-corrected chi connectivity index (χ1v) is 9.65. The second kappa shape index (κ2) is 12.6. The Kier molecular flexibility index (Phi) is 10.8. The van der Waals surface area contributed by atoms with Crippen molar-refractivity contribution >= 4 is 17.5 Å². The lowest BCUT2D eigenvalue weighted by molar-refractivity contribution is -0.137. The molecule has 2 atom stereocenters. The average molecular weight is 348 g/mol. The molecule has 0 heterocycles. The van der Waals surface area contributed by atoms with E-state index in [9.17, 15) is 14.4 Å². The summed E-state index contributed by atoms with van der Waals surface area (Å²) in [6.07, 6.45) is 16.2. The van der Waals surface area contributed by atoms with Gasteiger partial charge in [0.15, 0.2) is 5.78 Å². The minimum atomic E-state index is -0.751. The molecule has 0 aliphatic heterocycles. The topological polar surface area (TPSA) is 71.4 Å². The summed E-state index contributed by atoms with van der Waals surface area (Å²) in [5.41, 5.74) is 0. The Bertz CT molecular complexity index is 490. The number of carbonyl (C=O) groups is 3. The quantitative estimate of drug-likeness (QED) is 0.292. The van der Waals surface area contributed by atoms with Crippen LogP contribution in [0, 0.1) is 11.8 Å². The molecule has 1 rings (SSSR count). The molecule has 0 radical (unpaired) electrons. The van der Waals surface area contributed by atoms with E-state index in [-0.39, 0.29) is 24.0 Å². The van der Waals surface area contributed by atoms with Gasteiger partial charge in [0.1, 0.15) is 5.78 Å². The highest BCUT2D eigenvalue weighted by Gasteiger charge is 2.31. The molecule has 25 heavy (non-hydrogen) atoms. The van der Waals surface area contributed by atoms with Crippen molar-refractivity contribution in [3.05, 3.63) is 24.3 Å². The van der Waals surface area contributed by atoms with Gasteiger partial charge in [-0.05, 0) is 50.5 Å². The first kappa shape index (κ1) is 21.3. The minimum absolute atomic E-state index is 0.00467. The number of hydrogen-bond donors (Lipinski definition) is 1. The van der Waals surface area contributed by atoms with Crippen LogP contribution in [0.4, 0.5) is 0 Å². The molecule has 1 saturated carbocycles. The maximum atomic E-state index is 12.1. The number of carboxylic acid groups (broad SMARTS) is 1. The summed E-state index contributed by atoms with van der Waals surface area (Å²) in [6.45, 7) is 2.12. The van der Waals surface area contributed by atoms with Crippen LogP contribution < -0.4 is 0 Å². The molecule has 0 aromatic carbocycles. The Balaban J connectivity index is 2.34. The van der Waals surface area contributed by atoms with E-state index < -0.39 is 5.97 Å². The summed E-state index contributed by atoms with van der Waals surface area (Å²) in [5.74, 6) is -0.113. The summed E-state index contributed by atoms with van der Waals surface area (Å²) in [6, 6.07) is 0. The predicted molar refractivity (Wildman–Crippen MR) is 99.4 cm³/mol. The number of hydrogen-bond acceptors (Lipinski definition) is 3. The van der Waals surface area contributed by atoms with Gasteiger partial charge in [0.2, 0.25) is 0 Å². The van der Waals surface area contributed by atoms with Gasteiger partial charge in [-0.15, -0.1) is 0 Å². The van der Waals surface area contributed by atoms with Gasteiger partial charge >= 0.3 is 5.97 Å². The van der Waals surface area contributed by atoms with Gasteiger partial charge in [0.25, 0.3) is 0 Å². The molecule has 0 aromatic heterocycles. The highest BCUT2D eigenvalue weighted by molar-refractivity contribution is 5.90. The standard InChI is InChI=1S/C21H32O4/c1-2-3-7-10-18(22)15-13-17-14-16-20(23)19(17)11-8-5-4-6-9-12-21(24)25/h5,8,13,15,17,19H,2-4,6-7,9-12,14,16H2,1H3,(H,24,25)/b8-5+,15-13+. The lowest BCUT2D eigenvalue weighted by atomic mass is 9.91. The van der Waals surface area contributed by atoms with Crippen molar-refractivity contribution in [2.75, 3.05) is 0 Å². The number of ketones is 2. The molecule has 2 unspecified atom stereocenters. The van der Waals surface area contributed by atoms with E-state index in [1.165, 1.54) is 0 Å². The van der Waals surface area contributed by atoms with Crippen LogP contribution >= 0.6 is 0 Å². The summed E-state index contributed by atoms with van der Waals surface area (Å²) in [4.78, 5) is 34.3. The first-order valence-electron chi connectivity index (χ1n) is 9.65. The maximum absolute atomic E-state index is 12.1. The second-order valence-corrected chi connectivity index (χ2v) is 6.90. The van der Waals surface area contributed by atoms with Crippen molar-refractivity contribution in [3.63, 3.8) is 0 Å². The van der Waals surface area contributed by atoms with E-state index in [2.05, 4.69) is 6.92 Å². The first-order chi connectivity index (χ1) is 12.0. The van der Waals surface area contributed by atoms with E-state index in [1.54, 1.807) is 6.08 Å². The molecule has 4 heteroatoms. The van der Waals surface area contributed by atoms with E-state index in [0.29, 0.717) is 25.0 Å². The number of rotatable bonds is 13. The summed E-state index contributed by atoms with van der Waals surface area (Å²) in [7, 11) is 0. The third-order valence-corrected chi connectivity index (χ3v) is 4.78. The molecular formula is C21H32O4. The number of carbonyl (C=O) groups excluding carboxylic acids is 2. The van der Waals surface area contributed by atoms with Gasteiger partial charge < -0.3 is 5.11 Å². The summed E-state index contributed by atoms with van der Waals surface area (Å²) in [5, 5.41) is 8.58. The molecule has 4 nitrogen and oxygen atoms in total. The molecule has 0 bridgehead atoms. The van der Waals surface area contributed by atoms with E-state index >= 15 is 0 Å². The maximum Gasteiger partial charge on any atom is 0.303 e. The lowest BCUT2D eigenvalue weighted by Crippen LogP contribution is -2.12. The van der Waals surface area contributed by atoms with Crippen LogP contribution in [-0.2, 0) is 14.4 Å². The zero-order valence-corrected chi connectivity index (χ0v) is 15.4. The largest absolute Gasteiger partial charge is 0.481 e. The van der Waals surface area contributed by atoms with Crippen LogP contribution in [0.2, 0.25) is 0 Å². The third kappa shape index (κ3) is 9.37. The summed E-state index contributed by atoms with van der Waals surface area (Å²) >= 11 is 0. The molecular weight excluding hydrogens is 316 g/mol. The van der Waals surface area contributed by atoms with E-state index in [0.717, 1.165) is 44.9 Å². The molecule has 1 fully saturated rings. The number of allylic oxidation sites excluding steroid dienone is 4. The van der Waals surface area contributed by atoms with Crippen molar-refractivity contribution in [1.82, 2.24) is 0 Å². The fourth-order valence-electron chi connectivity index (χ4n) is 3.23. The van der Waals surface area contributed by atoms with Gasteiger partial charge in [-0.3, -0.25) is 14.4 Å². The van der Waals surface area contributed by atoms with Crippen molar-refractivity contribution in [2.24, 2.45) is 11.8 Å². The van der Waals surface area contributed by atoms with Crippen LogP contribution in [0.15, 0.2) is 24.3 Å². The monoisotopic (exact) mass is 348 g/mol. The zero-order chi connectivity index (χ0) is 18.5. The fourth-order valence-corrected chi connectivity index (χ4v) is 3.23. The van der Waals surface area contributed by atoms with Gasteiger partial charge in [-0.1, -0.05) is 38.0 Å². The molecule has 140 valence electrons. The van der Waals surface area contributed by atoms with Crippen molar-refractivity contribution in [2.45, 2.75) is 77.6 Å². The third-order valence-electron chi connectivity index (χ3n) is 4.78. The smallest absolute Gasteiger partial charge is 0.303 e. The van der Waals surface area contributed by atoms with E-state index in [4.69, 9.17) is 5.11 Å². The highest BCUT2D eigenvalue weighted by atomic mass is 16.4. The molecule has 0 saturated heterocycles. The van der Waals surface area contributed by atoms with E-state index in [1.807, 2.05) is 18.2 Å². The van der Waals surface area contributed by atoms with Gasteiger partial charge in [-0.25, -0.2) is 0 Å². The Hall–Kier alpha value is -1.71. The highest BCUT2D eigenvalue weighted by Crippen LogP contribution is 2.32. The Morgan fingerprint density at radius 2 is 1.88 bits per heavy atom. The zero-order valence-electron chi connectivity index (χ0n) is 15.4. The van der Waals surface area contributed by atoms with Crippen LogP contribution in [0.3, 0.4) is 0 Å². The summed E-state index contributed by atoms with van der Waals surface area (Å²) < 4.78 is 0. The average Bonchev–Trinajstić information content (AvgIpc) is 2.92. The van der Waals surface area contributed by atoms with Gasteiger partial charge in [0, 0.05) is 25.2 Å². The minimum Gasteiger partial charge on any atom is -0.481 e. The molecule has 0 aromatic rings. The van der Waals surface area contributed by atoms with Gasteiger partial charge in [-0.2, -0.15) is 0 Å². The SMILES string of the molecule is CCCCCC(=O)/C=C/C1CCC(=O)C1C/C=C/CCCCC(=O)O. The van der Waals surface area contributed by atoms with Crippen molar-refractivity contribution in [1.29, 1.82) is 0 Å². The number of aliphatic carboxylic acids is 1. The number of Topliss-reactive ketones (excluding diaryl/α,β-unsaturated/α-hetero) is 1. The Labute approximate surface area is 151 Å². The molecule has 1 aliphatic rings. The van der Waals surface area contributed by atoms with Crippen LogP contribution in [0.25, 0.3) is 0 Å². The molecule has 1 N–H and O–H groups in total. The Morgan fingerprint density at radius 3 is 2.60 bits per heavy atom. The van der Waals surface area contributed by atoms with Gasteiger partial charge in [0.05, 0.1) is 0 Å². The predicted octanol–water partition coefficient (Wildman–Crippen LogP) is 4.88. The lowest BCUT2D eigenvalue weighted by Gasteiger charge is -2.12. The van der Waals surface area contributed by atoms with Crippen LogP contribution in [0.1, 0.15) is 77.6 Å². The fraction of sp³-hybridized carbons (Fsp3) is 0.667. The number of carboxylic acids is 1.